The van der Waals surface area contributed by atoms with Crippen molar-refractivity contribution in [2.24, 2.45) is 0 Å². The molecule has 1 aromatic carbocycles. The average molecular weight is 295 g/mol. The number of hydrogen-bond donors (Lipinski definition) is 1. The SMILES string of the molecule is CCC[C@H]1C=C[C@H](O)CN1S(=O)(=O)c1ccc(C)cc1. The average Bonchev–Trinajstić information content (AvgIpc) is 2.41. The predicted octanol–water partition coefficient (Wildman–Crippen LogP) is 2.09. The second-order valence-electron chi connectivity index (χ2n) is 5.20. The van der Waals surface area contributed by atoms with Crippen molar-refractivity contribution in [3.8, 4) is 0 Å². The van der Waals surface area contributed by atoms with Crippen LogP contribution in [0.1, 0.15) is 25.3 Å². The predicted molar refractivity (Wildman–Crippen MR) is 78.9 cm³/mol. The molecule has 0 aliphatic carbocycles. The van der Waals surface area contributed by atoms with Gasteiger partial charge >= 0.3 is 0 Å². The summed E-state index contributed by atoms with van der Waals surface area (Å²) in [6.45, 7) is 4.07. The molecule has 0 spiro atoms. The second-order valence-corrected chi connectivity index (χ2v) is 7.09. The van der Waals surface area contributed by atoms with E-state index in [1.807, 2.05) is 13.8 Å². The van der Waals surface area contributed by atoms with Gasteiger partial charge in [0.2, 0.25) is 10.0 Å². The molecule has 0 aromatic heterocycles. The van der Waals surface area contributed by atoms with Gasteiger partial charge in [-0.25, -0.2) is 8.42 Å². The van der Waals surface area contributed by atoms with Crippen LogP contribution in [0.15, 0.2) is 41.3 Å². The van der Waals surface area contributed by atoms with Gasteiger partial charge < -0.3 is 5.11 Å². The Hall–Kier alpha value is -1.17. The lowest BCUT2D eigenvalue weighted by Crippen LogP contribution is -2.46. The van der Waals surface area contributed by atoms with Crippen molar-refractivity contribution in [2.75, 3.05) is 6.54 Å². The van der Waals surface area contributed by atoms with Crippen molar-refractivity contribution >= 4 is 10.0 Å². The molecule has 1 aromatic rings. The molecule has 20 heavy (non-hydrogen) atoms. The number of aliphatic hydroxyl groups excluding tert-OH is 1. The first-order valence-electron chi connectivity index (χ1n) is 6.90. The smallest absolute Gasteiger partial charge is 0.243 e. The Morgan fingerprint density at radius 2 is 1.90 bits per heavy atom. The number of rotatable bonds is 4. The van der Waals surface area contributed by atoms with E-state index in [9.17, 15) is 13.5 Å². The zero-order valence-electron chi connectivity index (χ0n) is 11.9. The summed E-state index contributed by atoms with van der Waals surface area (Å²) < 4.78 is 26.8. The van der Waals surface area contributed by atoms with Crippen molar-refractivity contribution in [1.29, 1.82) is 0 Å². The van der Waals surface area contributed by atoms with Gasteiger partial charge in [-0.05, 0) is 25.5 Å². The molecule has 0 saturated heterocycles. The van der Waals surface area contributed by atoms with Gasteiger partial charge in [0.05, 0.1) is 11.0 Å². The Balaban J connectivity index is 2.35. The van der Waals surface area contributed by atoms with Crippen LogP contribution in [-0.2, 0) is 10.0 Å². The number of hydrogen-bond acceptors (Lipinski definition) is 3. The molecule has 5 heteroatoms. The van der Waals surface area contributed by atoms with Gasteiger partial charge in [-0.1, -0.05) is 43.2 Å². The second kappa shape index (κ2) is 6.08. The van der Waals surface area contributed by atoms with Gasteiger partial charge in [-0.3, -0.25) is 0 Å². The Bertz CT molecular complexity index is 578. The lowest BCUT2D eigenvalue weighted by molar-refractivity contribution is 0.163. The molecule has 0 bridgehead atoms. The van der Waals surface area contributed by atoms with E-state index in [2.05, 4.69) is 0 Å². The topological polar surface area (TPSA) is 57.6 Å². The molecule has 0 unspecified atom stereocenters. The van der Waals surface area contributed by atoms with Crippen molar-refractivity contribution in [2.45, 2.75) is 43.7 Å². The minimum absolute atomic E-state index is 0.122. The molecule has 0 saturated carbocycles. The first-order valence-corrected chi connectivity index (χ1v) is 8.34. The summed E-state index contributed by atoms with van der Waals surface area (Å²) >= 11 is 0. The van der Waals surface area contributed by atoms with Crippen molar-refractivity contribution in [3.63, 3.8) is 0 Å². The Morgan fingerprint density at radius 3 is 2.50 bits per heavy atom. The van der Waals surface area contributed by atoms with E-state index in [0.29, 0.717) is 0 Å². The summed E-state index contributed by atoms with van der Waals surface area (Å²) in [7, 11) is -3.56. The van der Waals surface area contributed by atoms with Gasteiger partial charge in [0, 0.05) is 12.6 Å². The van der Waals surface area contributed by atoms with E-state index in [1.165, 1.54) is 4.31 Å². The normalized spacial score (nSPS) is 23.9. The van der Waals surface area contributed by atoms with Crippen LogP contribution >= 0.6 is 0 Å². The highest BCUT2D eigenvalue weighted by Crippen LogP contribution is 2.24. The monoisotopic (exact) mass is 295 g/mol. The number of β-amino-alcohol motifs (C(OH)–C–C–N with tert-alkyl or cyclic N) is 1. The number of aryl methyl sites for hydroxylation is 1. The van der Waals surface area contributed by atoms with Crippen LogP contribution < -0.4 is 0 Å². The maximum atomic E-state index is 12.7. The minimum Gasteiger partial charge on any atom is -0.388 e. The first-order chi connectivity index (χ1) is 9.45. The summed E-state index contributed by atoms with van der Waals surface area (Å²) in [6.07, 6.45) is 4.40. The summed E-state index contributed by atoms with van der Waals surface area (Å²) in [4.78, 5) is 0.284. The number of benzene rings is 1. The lowest BCUT2D eigenvalue weighted by Gasteiger charge is -2.33. The van der Waals surface area contributed by atoms with Crippen LogP contribution in [0.4, 0.5) is 0 Å². The van der Waals surface area contributed by atoms with Crippen molar-refractivity contribution < 1.29 is 13.5 Å². The number of nitrogens with zero attached hydrogens (tertiary/aromatic N) is 1. The largest absolute Gasteiger partial charge is 0.388 e. The number of aliphatic hydroxyl groups is 1. The zero-order valence-corrected chi connectivity index (χ0v) is 12.7. The van der Waals surface area contributed by atoms with Gasteiger partial charge in [0.15, 0.2) is 0 Å². The lowest BCUT2D eigenvalue weighted by atomic mass is 10.1. The molecular weight excluding hydrogens is 274 g/mol. The third-order valence-corrected chi connectivity index (χ3v) is 5.41. The highest BCUT2D eigenvalue weighted by Gasteiger charge is 2.33. The molecule has 4 nitrogen and oxygen atoms in total. The molecule has 1 aliphatic heterocycles. The van der Waals surface area contributed by atoms with E-state index < -0.39 is 16.1 Å². The standard InChI is InChI=1S/C15H21NO3S/c1-3-4-13-7-8-14(17)11-16(13)20(18,19)15-9-5-12(2)6-10-15/h5-10,13-14,17H,3-4,11H2,1-2H3/t13-,14-/m0/s1. The van der Waals surface area contributed by atoms with Gasteiger partial charge in [0.25, 0.3) is 0 Å². The van der Waals surface area contributed by atoms with Crippen LogP contribution in [0.25, 0.3) is 0 Å². The molecule has 0 radical (unpaired) electrons. The third-order valence-electron chi connectivity index (χ3n) is 3.50. The highest BCUT2D eigenvalue weighted by molar-refractivity contribution is 7.89. The van der Waals surface area contributed by atoms with Gasteiger partial charge in [-0.2, -0.15) is 4.31 Å². The third kappa shape index (κ3) is 3.11. The summed E-state index contributed by atoms with van der Waals surface area (Å²) in [5.74, 6) is 0. The molecule has 1 aliphatic rings. The molecular formula is C15H21NO3S. The maximum Gasteiger partial charge on any atom is 0.243 e. The fourth-order valence-corrected chi connectivity index (χ4v) is 4.02. The summed E-state index contributed by atoms with van der Waals surface area (Å²) in [6, 6.07) is 6.65. The van der Waals surface area contributed by atoms with Crippen LogP contribution in [-0.4, -0.2) is 36.5 Å². The van der Waals surface area contributed by atoms with Gasteiger partial charge in [0.1, 0.15) is 0 Å². The molecule has 1 heterocycles. The maximum absolute atomic E-state index is 12.7. The molecule has 2 atom stereocenters. The summed E-state index contributed by atoms with van der Waals surface area (Å²) in [5.41, 5.74) is 1.02. The Labute approximate surface area is 120 Å². The van der Waals surface area contributed by atoms with E-state index in [4.69, 9.17) is 0 Å². The summed E-state index contributed by atoms with van der Waals surface area (Å²) in [5, 5.41) is 9.73. The van der Waals surface area contributed by atoms with E-state index in [-0.39, 0.29) is 17.5 Å². The molecule has 2 rings (SSSR count). The van der Waals surface area contributed by atoms with E-state index >= 15 is 0 Å². The first kappa shape index (κ1) is 15.2. The van der Waals surface area contributed by atoms with Crippen LogP contribution in [0.5, 0.6) is 0 Å². The van der Waals surface area contributed by atoms with Crippen LogP contribution in [0, 0.1) is 6.92 Å². The fraction of sp³-hybridized carbons (Fsp3) is 0.467. The van der Waals surface area contributed by atoms with Crippen LogP contribution in [0.2, 0.25) is 0 Å². The van der Waals surface area contributed by atoms with Gasteiger partial charge in [-0.15, -0.1) is 0 Å². The Morgan fingerprint density at radius 1 is 1.25 bits per heavy atom. The van der Waals surface area contributed by atoms with Crippen molar-refractivity contribution in [1.82, 2.24) is 4.31 Å². The minimum atomic E-state index is -3.56. The fourth-order valence-electron chi connectivity index (χ4n) is 2.39. The zero-order chi connectivity index (χ0) is 14.8. The van der Waals surface area contributed by atoms with E-state index in [0.717, 1.165) is 18.4 Å². The van der Waals surface area contributed by atoms with Crippen LogP contribution in [0.3, 0.4) is 0 Å². The molecule has 110 valence electrons. The quantitative estimate of drug-likeness (QED) is 0.865. The van der Waals surface area contributed by atoms with E-state index in [1.54, 1.807) is 36.4 Å². The Kier molecular flexibility index (Phi) is 4.62. The number of sulfonamides is 1. The molecule has 1 N–H and O–H groups in total. The molecule has 0 fully saturated rings. The molecule has 0 amide bonds. The highest BCUT2D eigenvalue weighted by atomic mass is 32.2. The van der Waals surface area contributed by atoms with Crippen molar-refractivity contribution in [3.05, 3.63) is 42.0 Å².